The predicted octanol–water partition coefficient (Wildman–Crippen LogP) is 3.98. The van der Waals surface area contributed by atoms with Crippen LogP contribution in [0.25, 0.3) is 0 Å². The van der Waals surface area contributed by atoms with Crippen LogP contribution in [0.3, 0.4) is 0 Å². The summed E-state index contributed by atoms with van der Waals surface area (Å²) in [6.07, 6.45) is 1.80. The van der Waals surface area contributed by atoms with Gasteiger partial charge in [0, 0.05) is 6.08 Å². The van der Waals surface area contributed by atoms with Crippen LogP contribution >= 0.6 is 0 Å². The first-order valence-electron chi connectivity index (χ1n) is 8.05. The van der Waals surface area contributed by atoms with E-state index in [2.05, 4.69) is 27.4 Å². The van der Waals surface area contributed by atoms with E-state index in [4.69, 9.17) is 9.57 Å². The molecule has 0 N–H and O–H groups in total. The number of carbonyl (C=O) groups is 1. The highest BCUT2D eigenvalue weighted by Gasteiger charge is 2.54. The fraction of sp³-hybridized carbons (Fsp3) is 0.526. The molecule has 2 atom stereocenters. The normalized spacial score (nSPS) is 26.3. The number of nitrogens with zero attached hydrogens (tertiary/aromatic N) is 1. The first-order chi connectivity index (χ1) is 10.7. The third kappa shape index (κ3) is 3.58. The largest absolute Gasteiger partial charge is 0.457 e. The molecule has 0 radical (unpaired) electrons. The molecular formula is C19H27NO3. The maximum atomic E-state index is 11.7. The van der Waals surface area contributed by atoms with E-state index in [1.165, 1.54) is 6.08 Å². The molecule has 1 saturated heterocycles. The number of esters is 1. The number of hydrogen-bond donors (Lipinski definition) is 0. The van der Waals surface area contributed by atoms with Gasteiger partial charge in [0.15, 0.2) is 0 Å². The molecule has 1 heterocycles. The van der Waals surface area contributed by atoms with Crippen LogP contribution in [-0.4, -0.2) is 28.2 Å². The first-order valence-corrected chi connectivity index (χ1v) is 8.05. The summed E-state index contributed by atoms with van der Waals surface area (Å²) >= 11 is 0. The Bertz CT molecular complexity index is 565. The van der Waals surface area contributed by atoms with Crippen molar-refractivity contribution in [3.05, 3.63) is 43.0 Å². The van der Waals surface area contributed by atoms with Crippen LogP contribution in [0, 0.1) is 5.92 Å². The van der Waals surface area contributed by atoms with Crippen LogP contribution in [0.1, 0.15) is 41.0 Å². The van der Waals surface area contributed by atoms with Crippen LogP contribution in [0.5, 0.6) is 5.75 Å². The molecule has 23 heavy (non-hydrogen) atoms. The molecule has 0 amide bonds. The van der Waals surface area contributed by atoms with Crippen molar-refractivity contribution in [2.75, 3.05) is 0 Å². The second-order valence-electron chi connectivity index (χ2n) is 7.41. The molecule has 1 aromatic carbocycles. The Labute approximate surface area is 139 Å². The van der Waals surface area contributed by atoms with Gasteiger partial charge >= 0.3 is 5.97 Å². The van der Waals surface area contributed by atoms with E-state index in [9.17, 15) is 4.79 Å². The Hall–Kier alpha value is -1.81. The third-order valence-electron chi connectivity index (χ3n) is 4.46. The number of rotatable bonds is 4. The SMILES string of the molecule is C=CC(=O)OC1C(C)CC(C)(C)N(Oc2ccccc2)C1(C)C. The summed E-state index contributed by atoms with van der Waals surface area (Å²) in [7, 11) is 0. The van der Waals surface area contributed by atoms with E-state index in [0.29, 0.717) is 0 Å². The Morgan fingerprint density at radius 3 is 2.43 bits per heavy atom. The average Bonchev–Trinajstić information content (AvgIpc) is 2.48. The molecule has 126 valence electrons. The molecule has 1 aliphatic heterocycles. The van der Waals surface area contributed by atoms with E-state index in [1.807, 2.05) is 49.2 Å². The minimum absolute atomic E-state index is 0.185. The maximum Gasteiger partial charge on any atom is 0.330 e. The summed E-state index contributed by atoms with van der Waals surface area (Å²) in [5, 5.41) is 1.97. The van der Waals surface area contributed by atoms with Crippen LogP contribution in [-0.2, 0) is 9.53 Å². The van der Waals surface area contributed by atoms with E-state index in [0.717, 1.165) is 12.2 Å². The number of piperidine rings is 1. The number of carbonyl (C=O) groups excluding carboxylic acids is 1. The highest BCUT2D eigenvalue weighted by Crippen LogP contribution is 2.43. The van der Waals surface area contributed by atoms with Crippen molar-refractivity contribution in [3.8, 4) is 5.75 Å². The number of hydroxylamine groups is 2. The van der Waals surface area contributed by atoms with Gasteiger partial charge in [0.25, 0.3) is 0 Å². The van der Waals surface area contributed by atoms with Crippen molar-refractivity contribution in [1.82, 2.24) is 5.06 Å². The quantitative estimate of drug-likeness (QED) is 0.622. The van der Waals surface area contributed by atoms with Crippen LogP contribution in [0.4, 0.5) is 0 Å². The zero-order valence-corrected chi connectivity index (χ0v) is 14.7. The Kier molecular flexibility index (Phi) is 4.85. The maximum absolute atomic E-state index is 11.7. The predicted molar refractivity (Wildman–Crippen MR) is 90.9 cm³/mol. The fourth-order valence-electron chi connectivity index (χ4n) is 3.83. The van der Waals surface area contributed by atoms with Crippen molar-refractivity contribution < 1.29 is 14.4 Å². The summed E-state index contributed by atoms with van der Waals surface area (Å²) in [5.74, 6) is 0.603. The Morgan fingerprint density at radius 1 is 1.26 bits per heavy atom. The smallest absolute Gasteiger partial charge is 0.330 e. The summed E-state index contributed by atoms with van der Waals surface area (Å²) in [4.78, 5) is 17.9. The molecule has 1 aliphatic rings. The van der Waals surface area contributed by atoms with Gasteiger partial charge in [-0.3, -0.25) is 0 Å². The van der Waals surface area contributed by atoms with Gasteiger partial charge in [-0.25, -0.2) is 4.79 Å². The molecule has 0 spiro atoms. The Balaban J connectivity index is 2.33. The van der Waals surface area contributed by atoms with Crippen LogP contribution in [0.2, 0.25) is 0 Å². The number of para-hydroxylation sites is 1. The van der Waals surface area contributed by atoms with Gasteiger partial charge in [0.2, 0.25) is 0 Å². The monoisotopic (exact) mass is 317 g/mol. The highest BCUT2D eigenvalue weighted by molar-refractivity contribution is 5.81. The van der Waals surface area contributed by atoms with Crippen molar-refractivity contribution in [3.63, 3.8) is 0 Å². The average molecular weight is 317 g/mol. The van der Waals surface area contributed by atoms with E-state index in [-0.39, 0.29) is 17.6 Å². The number of hydrogen-bond acceptors (Lipinski definition) is 4. The molecule has 0 bridgehead atoms. The van der Waals surface area contributed by atoms with Crippen molar-refractivity contribution in [1.29, 1.82) is 0 Å². The Morgan fingerprint density at radius 2 is 1.87 bits per heavy atom. The van der Waals surface area contributed by atoms with Crippen LogP contribution in [0.15, 0.2) is 43.0 Å². The summed E-state index contributed by atoms with van der Waals surface area (Å²) < 4.78 is 5.65. The fourth-order valence-corrected chi connectivity index (χ4v) is 3.83. The molecule has 2 unspecified atom stereocenters. The lowest BCUT2D eigenvalue weighted by atomic mass is 9.73. The van der Waals surface area contributed by atoms with Crippen molar-refractivity contribution in [2.24, 2.45) is 5.92 Å². The van der Waals surface area contributed by atoms with Gasteiger partial charge in [-0.2, -0.15) is 0 Å². The zero-order chi connectivity index (χ0) is 17.3. The van der Waals surface area contributed by atoms with Gasteiger partial charge in [0.1, 0.15) is 11.9 Å². The molecular weight excluding hydrogens is 290 g/mol. The number of benzene rings is 1. The van der Waals surface area contributed by atoms with Crippen LogP contribution < -0.4 is 4.84 Å². The molecule has 0 aromatic heterocycles. The van der Waals surface area contributed by atoms with Gasteiger partial charge in [-0.15, -0.1) is 5.06 Å². The van der Waals surface area contributed by atoms with E-state index < -0.39 is 11.5 Å². The van der Waals surface area contributed by atoms with Crippen molar-refractivity contribution >= 4 is 5.97 Å². The molecule has 0 saturated carbocycles. The lowest BCUT2D eigenvalue weighted by molar-refractivity contribution is -0.264. The standard InChI is InChI=1S/C19H27NO3/c1-7-16(21)22-17-14(2)13-18(3,4)20(19(17,5)6)23-15-11-9-8-10-12-15/h7-12,14,17H,1,13H2,2-6H3. The van der Waals surface area contributed by atoms with Gasteiger partial charge in [-0.1, -0.05) is 31.7 Å². The first kappa shape index (κ1) is 17.5. The molecule has 1 aromatic rings. The van der Waals surface area contributed by atoms with E-state index >= 15 is 0 Å². The zero-order valence-electron chi connectivity index (χ0n) is 14.7. The topological polar surface area (TPSA) is 38.8 Å². The summed E-state index contributed by atoms with van der Waals surface area (Å²) in [6, 6.07) is 9.69. The minimum Gasteiger partial charge on any atom is -0.457 e. The second kappa shape index (κ2) is 6.36. The molecule has 4 heteroatoms. The van der Waals surface area contributed by atoms with Gasteiger partial charge in [0.05, 0.1) is 11.1 Å². The van der Waals surface area contributed by atoms with Gasteiger partial charge in [-0.05, 0) is 52.2 Å². The lowest BCUT2D eigenvalue weighted by Gasteiger charge is -2.56. The molecule has 1 fully saturated rings. The van der Waals surface area contributed by atoms with Gasteiger partial charge < -0.3 is 9.57 Å². The summed E-state index contributed by atoms with van der Waals surface area (Å²) in [5.41, 5.74) is -0.661. The van der Waals surface area contributed by atoms with Crippen molar-refractivity contribution in [2.45, 2.75) is 58.2 Å². The third-order valence-corrected chi connectivity index (χ3v) is 4.46. The number of ether oxygens (including phenoxy) is 1. The highest BCUT2D eigenvalue weighted by atomic mass is 16.7. The minimum atomic E-state index is -0.477. The molecule has 2 rings (SSSR count). The van der Waals surface area contributed by atoms with E-state index in [1.54, 1.807) is 0 Å². The molecule has 0 aliphatic carbocycles. The lowest BCUT2D eigenvalue weighted by Crippen LogP contribution is -2.68. The second-order valence-corrected chi connectivity index (χ2v) is 7.41. The summed E-state index contributed by atoms with van der Waals surface area (Å²) in [6.45, 7) is 14.0. The molecule has 4 nitrogen and oxygen atoms in total.